The van der Waals surface area contributed by atoms with Crippen LogP contribution < -0.4 is 15.5 Å². The number of fused-ring (bicyclic) bond motifs is 1. The fraction of sp³-hybridized carbons (Fsp3) is 0.350. The molecule has 0 fully saturated rings. The summed E-state index contributed by atoms with van der Waals surface area (Å²) in [6.07, 6.45) is 1.08. The number of hydrogen-bond acceptors (Lipinski definition) is 7. The number of halogens is 3. The van der Waals surface area contributed by atoms with Gasteiger partial charge in [-0.2, -0.15) is 23.3 Å². The highest BCUT2D eigenvalue weighted by Gasteiger charge is 2.33. The number of aryl methyl sites for hydroxylation is 1. The summed E-state index contributed by atoms with van der Waals surface area (Å²) in [7, 11) is 1.79. The summed E-state index contributed by atoms with van der Waals surface area (Å²) >= 11 is 0. The Morgan fingerprint density at radius 1 is 1.25 bits per heavy atom. The van der Waals surface area contributed by atoms with Crippen molar-refractivity contribution in [2.75, 3.05) is 22.6 Å². The van der Waals surface area contributed by atoms with Crippen LogP contribution in [0.1, 0.15) is 29.3 Å². The number of alkyl halides is 3. The van der Waals surface area contributed by atoms with Gasteiger partial charge in [0.15, 0.2) is 5.82 Å². The van der Waals surface area contributed by atoms with Gasteiger partial charge in [0, 0.05) is 43.3 Å². The Bertz CT molecular complexity index is 1160. The third-order valence-corrected chi connectivity index (χ3v) is 5.29. The standard InChI is InChI=1S/C20H21F3N8O/c1-11-16-17(30(3)12(2)18(32)28-16)29-19(27-11)25-6-13-7-26-31(9-13)10-14-8-24-5-4-15(14)20(21,22)23/h4-5,7-9,12H,6,10H2,1-3H3,(H,28,32)(H,25,27,29)/t12-/m0/s1. The topological polar surface area (TPSA) is 101 Å². The SMILES string of the molecule is Cc1nc(NCc2cnn(Cc3cnccc3C(F)(F)F)c2)nc2c1NC(=O)[C@H](C)N2C. The van der Waals surface area contributed by atoms with Crippen molar-refractivity contribution in [2.24, 2.45) is 0 Å². The Morgan fingerprint density at radius 3 is 2.78 bits per heavy atom. The average molecular weight is 446 g/mol. The van der Waals surface area contributed by atoms with Gasteiger partial charge in [0.2, 0.25) is 11.9 Å². The van der Waals surface area contributed by atoms with Crippen molar-refractivity contribution in [3.63, 3.8) is 0 Å². The molecule has 0 radical (unpaired) electrons. The van der Waals surface area contributed by atoms with Gasteiger partial charge >= 0.3 is 6.18 Å². The highest BCUT2D eigenvalue weighted by atomic mass is 19.4. The molecule has 168 valence electrons. The van der Waals surface area contributed by atoms with Crippen LogP contribution in [0.15, 0.2) is 30.9 Å². The molecule has 1 amide bonds. The molecule has 0 aliphatic carbocycles. The number of pyridine rings is 1. The number of anilines is 3. The highest BCUT2D eigenvalue weighted by molar-refractivity contribution is 6.03. The Hall–Kier alpha value is -3.70. The number of amides is 1. The molecule has 0 aromatic carbocycles. The minimum Gasteiger partial charge on any atom is -0.350 e. The van der Waals surface area contributed by atoms with Crippen LogP contribution in [0.25, 0.3) is 0 Å². The first-order chi connectivity index (χ1) is 15.1. The molecule has 3 aromatic rings. The van der Waals surface area contributed by atoms with Crippen molar-refractivity contribution in [3.8, 4) is 0 Å². The van der Waals surface area contributed by atoms with Gasteiger partial charge < -0.3 is 15.5 Å². The molecule has 2 N–H and O–H groups in total. The number of nitrogens with zero attached hydrogens (tertiary/aromatic N) is 6. The monoisotopic (exact) mass is 446 g/mol. The lowest BCUT2D eigenvalue weighted by atomic mass is 10.1. The number of aromatic nitrogens is 5. The van der Waals surface area contributed by atoms with Crippen molar-refractivity contribution >= 4 is 23.4 Å². The van der Waals surface area contributed by atoms with Gasteiger partial charge in [-0.1, -0.05) is 0 Å². The summed E-state index contributed by atoms with van der Waals surface area (Å²) in [6.45, 7) is 3.83. The molecule has 1 atom stereocenters. The van der Waals surface area contributed by atoms with Gasteiger partial charge in [-0.05, 0) is 19.9 Å². The quantitative estimate of drug-likeness (QED) is 0.622. The summed E-state index contributed by atoms with van der Waals surface area (Å²) < 4.78 is 41.0. The van der Waals surface area contributed by atoms with Crippen LogP contribution in [0, 0.1) is 6.92 Å². The second kappa shape index (κ2) is 8.09. The Balaban J connectivity index is 1.47. The van der Waals surface area contributed by atoms with E-state index in [0.29, 0.717) is 29.7 Å². The molecule has 32 heavy (non-hydrogen) atoms. The molecule has 0 saturated carbocycles. The van der Waals surface area contributed by atoms with Gasteiger partial charge in [-0.3, -0.25) is 14.5 Å². The number of nitrogens with one attached hydrogen (secondary N) is 2. The Kier molecular flexibility index (Phi) is 5.45. The van der Waals surface area contributed by atoms with E-state index in [1.165, 1.54) is 10.9 Å². The normalized spacial score (nSPS) is 16.0. The number of rotatable bonds is 5. The zero-order chi connectivity index (χ0) is 23.0. The van der Waals surface area contributed by atoms with Gasteiger partial charge in [0.05, 0.1) is 24.0 Å². The van der Waals surface area contributed by atoms with Crippen LogP contribution >= 0.6 is 0 Å². The average Bonchev–Trinajstić information content (AvgIpc) is 3.18. The van der Waals surface area contributed by atoms with E-state index in [0.717, 1.165) is 17.8 Å². The number of carbonyl (C=O) groups is 1. The van der Waals surface area contributed by atoms with E-state index >= 15 is 0 Å². The molecule has 0 saturated heterocycles. The van der Waals surface area contributed by atoms with Crippen molar-refractivity contribution in [2.45, 2.75) is 39.2 Å². The maximum atomic E-state index is 13.2. The molecule has 3 aromatic heterocycles. The molecular weight excluding hydrogens is 425 g/mol. The third kappa shape index (κ3) is 4.20. The summed E-state index contributed by atoms with van der Waals surface area (Å²) in [5, 5.41) is 10.1. The van der Waals surface area contributed by atoms with Crippen molar-refractivity contribution in [1.29, 1.82) is 0 Å². The smallest absolute Gasteiger partial charge is 0.350 e. The Morgan fingerprint density at radius 2 is 2.03 bits per heavy atom. The molecule has 0 bridgehead atoms. The first-order valence-electron chi connectivity index (χ1n) is 9.81. The van der Waals surface area contributed by atoms with Crippen molar-refractivity contribution in [1.82, 2.24) is 24.7 Å². The van der Waals surface area contributed by atoms with E-state index in [1.54, 1.807) is 38.2 Å². The van der Waals surface area contributed by atoms with E-state index in [4.69, 9.17) is 0 Å². The van der Waals surface area contributed by atoms with E-state index in [2.05, 4.69) is 30.7 Å². The lowest BCUT2D eigenvalue weighted by molar-refractivity contribution is -0.138. The molecule has 1 aliphatic heterocycles. The molecule has 0 unspecified atom stereocenters. The van der Waals surface area contributed by atoms with Crippen molar-refractivity contribution < 1.29 is 18.0 Å². The number of likely N-dealkylation sites (N-methyl/N-ethyl adjacent to an activating group) is 1. The van der Waals surface area contributed by atoms with E-state index in [-0.39, 0.29) is 24.1 Å². The predicted octanol–water partition coefficient (Wildman–Crippen LogP) is 2.83. The van der Waals surface area contributed by atoms with Crippen LogP contribution in [0.2, 0.25) is 0 Å². The first-order valence-corrected chi connectivity index (χ1v) is 9.81. The lowest BCUT2D eigenvalue weighted by Crippen LogP contribution is -2.44. The molecule has 4 heterocycles. The summed E-state index contributed by atoms with van der Waals surface area (Å²) in [5.41, 5.74) is 1.25. The third-order valence-electron chi connectivity index (χ3n) is 5.29. The summed E-state index contributed by atoms with van der Waals surface area (Å²) in [4.78, 5) is 26.5. The molecule has 9 nitrogen and oxygen atoms in total. The second-order valence-electron chi connectivity index (χ2n) is 7.54. The summed E-state index contributed by atoms with van der Waals surface area (Å²) in [6, 6.07) is 0.592. The van der Waals surface area contributed by atoms with Gasteiger partial charge in [0.25, 0.3) is 0 Å². The van der Waals surface area contributed by atoms with Gasteiger partial charge in [-0.25, -0.2) is 4.98 Å². The lowest BCUT2D eigenvalue weighted by Gasteiger charge is -2.32. The van der Waals surface area contributed by atoms with E-state index in [9.17, 15) is 18.0 Å². The number of hydrogen-bond donors (Lipinski definition) is 2. The molecular formula is C20H21F3N8O. The zero-order valence-electron chi connectivity index (χ0n) is 17.6. The first kappa shape index (κ1) is 21.5. The van der Waals surface area contributed by atoms with Crippen LogP contribution in [-0.2, 0) is 24.1 Å². The van der Waals surface area contributed by atoms with Crippen LogP contribution in [0.3, 0.4) is 0 Å². The maximum absolute atomic E-state index is 13.2. The fourth-order valence-electron chi connectivity index (χ4n) is 3.39. The fourth-order valence-corrected chi connectivity index (χ4v) is 3.39. The van der Waals surface area contributed by atoms with Gasteiger partial charge in [-0.15, -0.1) is 0 Å². The predicted molar refractivity (Wildman–Crippen MR) is 111 cm³/mol. The van der Waals surface area contributed by atoms with Crippen LogP contribution in [0.5, 0.6) is 0 Å². The summed E-state index contributed by atoms with van der Waals surface area (Å²) in [5.74, 6) is 0.858. The number of carbonyl (C=O) groups excluding carboxylic acids is 1. The highest BCUT2D eigenvalue weighted by Crippen LogP contribution is 2.33. The van der Waals surface area contributed by atoms with E-state index in [1.807, 2.05) is 0 Å². The maximum Gasteiger partial charge on any atom is 0.416 e. The van der Waals surface area contributed by atoms with Crippen LogP contribution in [-0.4, -0.2) is 43.7 Å². The molecule has 1 aliphatic rings. The zero-order valence-corrected chi connectivity index (χ0v) is 17.6. The molecule has 12 heteroatoms. The largest absolute Gasteiger partial charge is 0.416 e. The second-order valence-corrected chi connectivity index (χ2v) is 7.54. The van der Waals surface area contributed by atoms with Crippen molar-refractivity contribution in [3.05, 3.63) is 53.2 Å². The van der Waals surface area contributed by atoms with Crippen LogP contribution in [0.4, 0.5) is 30.6 Å². The minimum atomic E-state index is -4.46. The van der Waals surface area contributed by atoms with Gasteiger partial charge in [0.1, 0.15) is 11.7 Å². The molecule has 4 rings (SSSR count). The Labute approximate surface area is 181 Å². The van der Waals surface area contributed by atoms with E-state index < -0.39 is 11.7 Å². The molecule has 0 spiro atoms. The minimum absolute atomic E-state index is 0.0375.